The fourth-order valence-corrected chi connectivity index (χ4v) is 4.79. The lowest BCUT2D eigenvalue weighted by Crippen LogP contribution is -2.54. The summed E-state index contributed by atoms with van der Waals surface area (Å²) in [7, 11) is 1.25. The molecule has 0 bridgehead atoms. The van der Waals surface area contributed by atoms with E-state index < -0.39 is 41.6 Å². The summed E-state index contributed by atoms with van der Waals surface area (Å²) in [5, 5.41) is 5.45. The largest absolute Gasteiger partial charge is 0.468 e. The van der Waals surface area contributed by atoms with Crippen LogP contribution in [0.15, 0.2) is 48.5 Å². The van der Waals surface area contributed by atoms with Crippen LogP contribution in [-0.4, -0.2) is 60.6 Å². The molecule has 0 aliphatic rings. The molecule has 0 aromatic heterocycles. The van der Waals surface area contributed by atoms with Crippen molar-refractivity contribution in [1.29, 1.82) is 0 Å². The van der Waals surface area contributed by atoms with Crippen molar-refractivity contribution in [2.45, 2.75) is 97.8 Å². The summed E-state index contributed by atoms with van der Waals surface area (Å²) in [5.74, 6) is -1.51. The molecule has 2 unspecified atom stereocenters. The molecule has 2 aromatic carbocycles. The van der Waals surface area contributed by atoms with Gasteiger partial charge >= 0.3 is 12.1 Å². The first kappa shape index (κ1) is 35.3. The van der Waals surface area contributed by atoms with Crippen LogP contribution in [0.2, 0.25) is 0 Å². The number of alkyl carbamates (subject to hydrolysis) is 1. The summed E-state index contributed by atoms with van der Waals surface area (Å²) in [6.07, 6.45) is 4.18. The molecule has 2 rings (SSSR count). The van der Waals surface area contributed by atoms with Crippen LogP contribution in [0, 0.1) is 13.8 Å². The lowest BCUT2D eigenvalue weighted by atomic mass is 9.95. The minimum Gasteiger partial charge on any atom is -0.468 e. The lowest BCUT2D eigenvalue weighted by molar-refractivity contribution is -0.144. The van der Waals surface area contributed by atoms with Crippen LogP contribution in [0.1, 0.15) is 88.1 Å². The third-order valence-corrected chi connectivity index (χ3v) is 6.98. The Kier molecular flexibility index (Phi) is 14.2. The van der Waals surface area contributed by atoms with Gasteiger partial charge in [-0.2, -0.15) is 0 Å². The van der Waals surface area contributed by atoms with Gasteiger partial charge in [0, 0.05) is 13.0 Å². The number of benzene rings is 2. The van der Waals surface area contributed by atoms with Crippen LogP contribution in [0.4, 0.5) is 4.79 Å². The molecule has 0 radical (unpaired) electrons. The molecule has 2 aromatic rings. The van der Waals surface area contributed by atoms with Crippen molar-refractivity contribution in [1.82, 2.24) is 15.5 Å². The highest BCUT2D eigenvalue weighted by atomic mass is 16.6. The van der Waals surface area contributed by atoms with Gasteiger partial charge in [-0.05, 0) is 57.7 Å². The van der Waals surface area contributed by atoms with Gasteiger partial charge in [0.15, 0.2) is 0 Å². The van der Waals surface area contributed by atoms with Crippen molar-refractivity contribution in [3.63, 3.8) is 0 Å². The second kappa shape index (κ2) is 17.3. The van der Waals surface area contributed by atoms with Crippen LogP contribution in [0.3, 0.4) is 0 Å². The molecule has 0 aliphatic heterocycles. The number of amides is 3. The standard InChI is InChI=1S/C34H49N3O6/c1-8-9-10-11-15-20-37(30(31(39)35-23-29(38)42-7)27-21-24(2)18-19-25(27)3)32(40)28(22-26-16-13-12-14-17-26)36-33(41)43-34(4,5)6/h12-14,16-19,21,28,30H,8-11,15,20,22-23H2,1-7H3,(H,35,39)(H,36,41). The number of hydrogen-bond donors (Lipinski definition) is 2. The maximum Gasteiger partial charge on any atom is 0.408 e. The van der Waals surface area contributed by atoms with E-state index in [-0.39, 0.29) is 19.5 Å². The van der Waals surface area contributed by atoms with Gasteiger partial charge < -0.3 is 25.0 Å². The van der Waals surface area contributed by atoms with Crippen molar-refractivity contribution in [2.75, 3.05) is 20.2 Å². The number of carbonyl (C=O) groups is 4. The first-order chi connectivity index (χ1) is 20.4. The third kappa shape index (κ3) is 12.1. The van der Waals surface area contributed by atoms with Crippen molar-refractivity contribution in [3.8, 4) is 0 Å². The van der Waals surface area contributed by atoms with Crippen LogP contribution >= 0.6 is 0 Å². The van der Waals surface area contributed by atoms with E-state index >= 15 is 0 Å². The van der Waals surface area contributed by atoms with E-state index in [1.165, 1.54) is 7.11 Å². The molecular formula is C34H49N3O6. The average Bonchev–Trinajstić information content (AvgIpc) is 2.95. The predicted molar refractivity (Wildman–Crippen MR) is 167 cm³/mol. The molecule has 0 fully saturated rings. The molecule has 3 amide bonds. The molecule has 2 N–H and O–H groups in total. The number of hydrogen-bond acceptors (Lipinski definition) is 6. The van der Waals surface area contributed by atoms with Crippen LogP contribution < -0.4 is 10.6 Å². The fraction of sp³-hybridized carbons (Fsp3) is 0.529. The number of carbonyl (C=O) groups excluding carboxylic acids is 4. The maximum atomic E-state index is 14.6. The first-order valence-corrected chi connectivity index (χ1v) is 15.1. The number of nitrogens with zero attached hydrogens (tertiary/aromatic N) is 1. The number of ether oxygens (including phenoxy) is 2. The minimum absolute atomic E-state index is 0.203. The van der Waals surface area contributed by atoms with Gasteiger partial charge in [-0.3, -0.25) is 14.4 Å². The van der Waals surface area contributed by atoms with Crippen molar-refractivity contribution in [2.24, 2.45) is 0 Å². The highest BCUT2D eigenvalue weighted by Crippen LogP contribution is 2.28. The summed E-state index contributed by atoms with van der Waals surface area (Å²) >= 11 is 0. The molecule has 0 aliphatic carbocycles. The smallest absolute Gasteiger partial charge is 0.408 e. The topological polar surface area (TPSA) is 114 Å². The Hall–Kier alpha value is -3.88. The van der Waals surface area contributed by atoms with Gasteiger partial charge in [0.1, 0.15) is 24.2 Å². The summed E-state index contributed by atoms with van der Waals surface area (Å²) in [5.41, 5.74) is 2.48. The van der Waals surface area contributed by atoms with Crippen molar-refractivity contribution in [3.05, 3.63) is 70.8 Å². The van der Waals surface area contributed by atoms with E-state index in [9.17, 15) is 19.2 Å². The van der Waals surface area contributed by atoms with E-state index in [2.05, 4.69) is 17.6 Å². The average molecular weight is 596 g/mol. The number of rotatable bonds is 15. The quantitative estimate of drug-likeness (QED) is 0.206. The summed E-state index contributed by atoms with van der Waals surface area (Å²) < 4.78 is 10.2. The molecule has 0 spiro atoms. The Morgan fingerprint density at radius 2 is 1.60 bits per heavy atom. The number of nitrogens with one attached hydrogen (secondary N) is 2. The van der Waals surface area contributed by atoms with Gasteiger partial charge in [0.05, 0.1) is 7.11 Å². The zero-order valence-electron chi connectivity index (χ0n) is 26.8. The molecule has 9 nitrogen and oxygen atoms in total. The van der Waals surface area contributed by atoms with E-state index in [4.69, 9.17) is 9.47 Å². The zero-order chi connectivity index (χ0) is 32.0. The summed E-state index contributed by atoms with van der Waals surface area (Å²) in [6, 6.07) is 13.1. The monoisotopic (exact) mass is 595 g/mol. The summed E-state index contributed by atoms with van der Waals surface area (Å²) in [4.78, 5) is 54.9. The molecular weight excluding hydrogens is 546 g/mol. The van der Waals surface area contributed by atoms with Crippen molar-refractivity contribution < 1.29 is 28.7 Å². The number of aryl methyl sites for hydroxylation is 2. The molecule has 0 heterocycles. The Morgan fingerprint density at radius 1 is 0.930 bits per heavy atom. The Balaban J connectivity index is 2.59. The maximum absolute atomic E-state index is 14.6. The van der Waals surface area contributed by atoms with E-state index in [0.29, 0.717) is 12.0 Å². The molecule has 236 valence electrons. The Bertz CT molecular complexity index is 1210. The zero-order valence-corrected chi connectivity index (χ0v) is 26.8. The van der Waals surface area contributed by atoms with Gasteiger partial charge in [0.2, 0.25) is 11.8 Å². The highest BCUT2D eigenvalue weighted by Gasteiger charge is 2.37. The molecule has 43 heavy (non-hydrogen) atoms. The number of esters is 1. The summed E-state index contributed by atoms with van der Waals surface area (Å²) in [6.45, 7) is 11.2. The Labute approximate surface area is 256 Å². The van der Waals surface area contributed by atoms with Crippen LogP contribution in [-0.2, 0) is 30.3 Å². The lowest BCUT2D eigenvalue weighted by Gasteiger charge is -2.35. The fourth-order valence-electron chi connectivity index (χ4n) is 4.79. The molecule has 9 heteroatoms. The Morgan fingerprint density at radius 3 is 2.23 bits per heavy atom. The second-order valence-corrected chi connectivity index (χ2v) is 11.9. The molecule has 2 atom stereocenters. The predicted octanol–water partition coefficient (Wildman–Crippen LogP) is 5.57. The second-order valence-electron chi connectivity index (χ2n) is 11.9. The minimum atomic E-state index is -1.04. The van der Waals surface area contributed by atoms with Gasteiger partial charge in [-0.1, -0.05) is 86.7 Å². The normalized spacial score (nSPS) is 12.5. The number of methoxy groups -OCH3 is 1. The first-order valence-electron chi connectivity index (χ1n) is 15.1. The van der Waals surface area contributed by atoms with Gasteiger partial charge in [0.25, 0.3) is 0 Å². The van der Waals surface area contributed by atoms with Crippen LogP contribution in [0.5, 0.6) is 0 Å². The molecule has 0 saturated heterocycles. The highest BCUT2D eigenvalue weighted by molar-refractivity contribution is 5.93. The van der Waals surface area contributed by atoms with Crippen molar-refractivity contribution >= 4 is 23.9 Å². The van der Waals surface area contributed by atoms with Crippen LogP contribution in [0.25, 0.3) is 0 Å². The molecule has 0 saturated carbocycles. The van der Waals surface area contributed by atoms with E-state index in [0.717, 1.165) is 42.4 Å². The SMILES string of the molecule is CCCCCCCN(C(=O)C(Cc1ccccc1)NC(=O)OC(C)(C)C)C(C(=O)NCC(=O)OC)c1cc(C)ccc1C. The van der Waals surface area contributed by atoms with Gasteiger partial charge in [-0.15, -0.1) is 0 Å². The third-order valence-electron chi connectivity index (χ3n) is 6.98. The van der Waals surface area contributed by atoms with Gasteiger partial charge in [-0.25, -0.2) is 4.79 Å². The van der Waals surface area contributed by atoms with E-state index in [1.54, 1.807) is 25.7 Å². The number of unbranched alkanes of at least 4 members (excludes halogenated alkanes) is 4. The van der Waals surface area contributed by atoms with E-state index in [1.807, 2.05) is 62.4 Å².